The maximum atomic E-state index is 14.2. The van der Waals surface area contributed by atoms with Crippen LogP contribution in [-0.2, 0) is 9.53 Å². The summed E-state index contributed by atoms with van der Waals surface area (Å²) in [4.78, 5) is 34.2. The van der Waals surface area contributed by atoms with Crippen LogP contribution in [0.5, 0.6) is 5.75 Å². The van der Waals surface area contributed by atoms with Gasteiger partial charge in [0, 0.05) is 20.5 Å². The van der Waals surface area contributed by atoms with Crippen LogP contribution in [0.3, 0.4) is 0 Å². The van der Waals surface area contributed by atoms with Crippen LogP contribution in [0.1, 0.15) is 29.7 Å². The minimum Gasteiger partial charge on any atom is -0.477 e. The Balaban J connectivity index is 1.82. The van der Waals surface area contributed by atoms with Crippen molar-refractivity contribution in [1.29, 1.82) is 5.26 Å². The first-order valence-corrected chi connectivity index (χ1v) is 16.7. The lowest BCUT2D eigenvalue weighted by Gasteiger charge is -2.26. The molecule has 2 heterocycles. The zero-order valence-corrected chi connectivity index (χ0v) is 27.8. The molecule has 1 atom stereocenters. The maximum Gasteiger partial charge on any atom is 0.338 e. The van der Waals surface area contributed by atoms with Crippen molar-refractivity contribution in [3.8, 4) is 11.8 Å². The number of carbonyl (C=O) groups is 1. The number of thiazole rings is 1. The number of halogens is 2. The smallest absolute Gasteiger partial charge is 0.338 e. The van der Waals surface area contributed by atoms with Gasteiger partial charge in [-0.2, -0.15) is 5.26 Å². The van der Waals surface area contributed by atoms with Gasteiger partial charge in [0.2, 0.25) is 0 Å². The molecular formula is C31H23BrIN3O4S2. The van der Waals surface area contributed by atoms with Gasteiger partial charge in [-0.15, -0.1) is 11.8 Å². The molecule has 0 saturated carbocycles. The maximum absolute atomic E-state index is 14.2. The molecule has 0 spiro atoms. The number of thioether (sulfide) groups is 1. The number of fused-ring (bicyclic) bond motifs is 1. The molecule has 0 unspecified atom stereocenters. The summed E-state index contributed by atoms with van der Waals surface area (Å²) in [6.45, 7) is 1.80. The Morgan fingerprint density at radius 3 is 2.62 bits per heavy atom. The summed E-state index contributed by atoms with van der Waals surface area (Å²) in [6, 6.07) is 22.2. The van der Waals surface area contributed by atoms with Crippen LogP contribution in [0.15, 0.2) is 91.5 Å². The molecule has 11 heteroatoms. The second-order valence-corrected chi connectivity index (χ2v) is 12.9. The molecule has 7 nitrogen and oxygen atoms in total. The van der Waals surface area contributed by atoms with E-state index in [9.17, 15) is 9.59 Å². The third-order valence-corrected chi connectivity index (χ3v) is 9.40. The highest BCUT2D eigenvalue weighted by molar-refractivity contribution is 14.1. The van der Waals surface area contributed by atoms with Crippen LogP contribution in [0.25, 0.3) is 11.8 Å². The fraction of sp³-hybridized carbons (Fsp3) is 0.161. The van der Waals surface area contributed by atoms with Crippen LogP contribution in [0.2, 0.25) is 0 Å². The van der Waals surface area contributed by atoms with Gasteiger partial charge >= 0.3 is 5.97 Å². The fourth-order valence-corrected chi connectivity index (χ4v) is 7.73. The van der Waals surface area contributed by atoms with Crippen LogP contribution in [-0.4, -0.2) is 30.0 Å². The number of carbonyl (C=O) groups excluding carboxylic acids is 1. The second kappa shape index (κ2) is 13.4. The number of esters is 1. The predicted molar refractivity (Wildman–Crippen MR) is 177 cm³/mol. The van der Waals surface area contributed by atoms with Crippen LogP contribution < -0.4 is 19.6 Å². The molecule has 1 aromatic heterocycles. The van der Waals surface area contributed by atoms with E-state index in [1.165, 1.54) is 11.3 Å². The number of ether oxygens (including phenoxy) is 2. The van der Waals surface area contributed by atoms with Crippen molar-refractivity contribution in [2.45, 2.75) is 17.9 Å². The SMILES string of the molecule is CCOC(=O)C1=C(c2ccccc2)N=c2s/c(=C\c3cc(Br)cc(I)c3OCC#N)c(=O)n2[C@@H]1c1ccc(SC)cc1. The number of aromatic nitrogens is 1. The van der Waals surface area contributed by atoms with E-state index in [4.69, 9.17) is 19.7 Å². The molecule has 0 fully saturated rings. The van der Waals surface area contributed by atoms with Crippen molar-refractivity contribution in [3.05, 3.63) is 117 Å². The predicted octanol–water partition coefficient (Wildman–Crippen LogP) is 5.93. The van der Waals surface area contributed by atoms with Crippen molar-refractivity contribution in [3.63, 3.8) is 0 Å². The molecular weight excluding hydrogens is 749 g/mol. The zero-order valence-electron chi connectivity index (χ0n) is 22.5. The van der Waals surface area contributed by atoms with Gasteiger partial charge in [0.1, 0.15) is 11.8 Å². The normalized spacial score (nSPS) is 14.6. The molecule has 4 aromatic rings. The van der Waals surface area contributed by atoms with Gasteiger partial charge < -0.3 is 9.47 Å². The molecule has 0 bridgehead atoms. The molecule has 0 radical (unpaired) electrons. The highest BCUT2D eigenvalue weighted by atomic mass is 127. The molecule has 1 aliphatic rings. The number of hydrogen-bond acceptors (Lipinski definition) is 8. The number of rotatable bonds is 8. The Bertz CT molecular complexity index is 1910. The zero-order chi connectivity index (χ0) is 29.8. The molecule has 0 aliphatic carbocycles. The summed E-state index contributed by atoms with van der Waals surface area (Å²) >= 11 is 8.51. The van der Waals surface area contributed by atoms with Gasteiger partial charge in [0.05, 0.1) is 32.0 Å². The van der Waals surface area contributed by atoms with Crippen LogP contribution in [0, 0.1) is 14.9 Å². The first-order valence-electron chi connectivity index (χ1n) is 12.8. The van der Waals surface area contributed by atoms with E-state index >= 15 is 0 Å². The summed E-state index contributed by atoms with van der Waals surface area (Å²) in [5.41, 5.74) is 2.63. The van der Waals surface area contributed by atoms with E-state index < -0.39 is 12.0 Å². The number of nitrogens with zero attached hydrogens (tertiary/aromatic N) is 3. The summed E-state index contributed by atoms with van der Waals surface area (Å²) < 4.78 is 14.8. The topological polar surface area (TPSA) is 93.7 Å². The third kappa shape index (κ3) is 6.13. The van der Waals surface area contributed by atoms with Crippen LogP contribution in [0.4, 0.5) is 0 Å². The Morgan fingerprint density at radius 2 is 1.95 bits per heavy atom. The van der Waals surface area contributed by atoms with Crippen LogP contribution >= 0.6 is 61.6 Å². The Kier molecular flexibility index (Phi) is 9.67. The lowest BCUT2D eigenvalue weighted by atomic mass is 9.93. The lowest BCUT2D eigenvalue weighted by molar-refractivity contribution is -0.138. The Hall–Kier alpha value is -3.18. The van der Waals surface area contributed by atoms with Gasteiger partial charge in [-0.05, 0) is 71.7 Å². The molecule has 1 aliphatic heterocycles. The van der Waals surface area contributed by atoms with Crippen molar-refractivity contribution >= 4 is 79.4 Å². The summed E-state index contributed by atoms with van der Waals surface area (Å²) in [7, 11) is 0. The molecule has 42 heavy (non-hydrogen) atoms. The van der Waals surface area contributed by atoms with Gasteiger partial charge in [0.25, 0.3) is 5.56 Å². The molecule has 0 amide bonds. The van der Waals surface area contributed by atoms with E-state index in [0.29, 0.717) is 31.9 Å². The van der Waals surface area contributed by atoms with E-state index in [-0.39, 0.29) is 18.8 Å². The molecule has 3 aromatic carbocycles. The third-order valence-electron chi connectivity index (χ3n) is 6.41. The van der Waals surface area contributed by atoms with E-state index in [2.05, 4.69) is 38.5 Å². The van der Waals surface area contributed by atoms with Gasteiger partial charge in [-0.1, -0.05) is 69.7 Å². The quantitative estimate of drug-likeness (QED) is 0.125. The summed E-state index contributed by atoms with van der Waals surface area (Å²) in [5.74, 6) is -0.0189. The van der Waals surface area contributed by atoms with Crippen molar-refractivity contribution in [2.24, 2.45) is 4.99 Å². The molecule has 0 N–H and O–H groups in total. The minimum atomic E-state index is -0.759. The average molecular weight is 772 g/mol. The highest BCUT2D eigenvalue weighted by Crippen LogP contribution is 2.36. The lowest BCUT2D eigenvalue weighted by Crippen LogP contribution is -2.40. The number of nitriles is 1. The second-order valence-electron chi connectivity index (χ2n) is 8.96. The average Bonchev–Trinajstić information content (AvgIpc) is 3.30. The van der Waals surface area contributed by atoms with Crippen molar-refractivity contribution in [2.75, 3.05) is 19.5 Å². The first-order chi connectivity index (χ1) is 20.4. The monoisotopic (exact) mass is 771 g/mol. The minimum absolute atomic E-state index is 0.130. The van der Waals surface area contributed by atoms with Crippen molar-refractivity contribution in [1.82, 2.24) is 4.57 Å². The van der Waals surface area contributed by atoms with E-state index in [1.54, 1.807) is 29.3 Å². The van der Waals surface area contributed by atoms with Gasteiger partial charge in [0.15, 0.2) is 11.4 Å². The van der Waals surface area contributed by atoms with Gasteiger partial charge in [-0.25, -0.2) is 9.79 Å². The number of benzene rings is 3. The Morgan fingerprint density at radius 1 is 1.21 bits per heavy atom. The van der Waals surface area contributed by atoms with Gasteiger partial charge in [-0.3, -0.25) is 9.36 Å². The summed E-state index contributed by atoms with van der Waals surface area (Å²) in [6.07, 6.45) is 3.74. The fourth-order valence-electron chi connectivity index (χ4n) is 4.63. The first kappa shape index (κ1) is 30.3. The molecule has 5 rings (SSSR count). The summed E-state index contributed by atoms with van der Waals surface area (Å²) in [5, 5.41) is 9.10. The van der Waals surface area contributed by atoms with E-state index in [1.807, 2.05) is 79.1 Å². The highest BCUT2D eigenvalue weighted by Gasteiger charge is 2.35. The molecule has 0 saturated heterocycles. The van der Waals surface area contributed by atoms with Crippen molar-refractivity contribution < 1.29 is 14.3 Å². The largest absolute Gasteiger partial charge is 0.477 e. The van der Waals surface area contributed by atoms with E-state index in [0.717, 1.165) is 24.1 Å². The molecule has 212 valence electrons. The standard InChI is InChI=1S/C31H23BrIN3O4S2/c1-3-39-30(38)25-26(18-7-5-4-6-8-18)35-31-36(27(25)19-9-11-22(41-2)12-10-19)29(37)24(42-31)16-20-15-21(32)17-23(33)28(20)40-14-13-34/h4-12,15-17,27H,3,14H2,1-2H3/b24-16-/t27-/m1/s1. The Labute approximate surface area is 272 Å². The number of hydrogen-bond donors (Lipinski definition) is 0.